The van der Waals surface area contributed by atoms with Crippen LogP contribution in [-0.4, -0.2) is 17.0 Å². The van der Waals surface area contributed by atoms with E-state index in [0.717, 1.165) is 25.7 Å². The second-order valence-electron chi connectivity index (χ2n) is 8.27. The molecule has 114 valence electrons. The molecule has 0 spiro atoms. The maximum atomic E-state index is 11.8. The Morgan fingerprint density at radius 3 is 2.76 bits per heavy atom. The smallest absolute Gasteiger partial charge is 0.156 e. The molecule has 4 rings (SSSR count). The Morgan fingerprint density at radius 1 is 1.14 bits per heavy atom. The van der Waals surface area contributed by atoms with Gasteiger partial charge in [0.05, 0.1) is 6.10 Å². The SMILES string of the molecule is C[C@]12CCC(=O)C=C1C=C[C@@H]1[C@@H]2CC[C@]2(C)C(O)CC[C@@H]12. The lowest BCUT2D eigenvalue weighted by molar-refractivity contribution is -0.116. The Labute approximate surface area is 127 Å². The average Bonchev–Trinajstić information content (AvgIpc) is 2.76. The Kier molecular flexibility index (Phi) is 2.83. The number of fused-ring (bicyclic) bond motifs is 5. The number of carbonyl (C=O) groups excluding carboxylic acids is 1. The van der Waals surface area contributed by atoms with Crippen molar-refractivity contribution < 1.29 is 9.90 Å². The van der Waals surface area contributed by atoms with Crippen molar-refractivity contribution >= 4 is 5.78 Å². The van der Waals surface area contributed by atoms with Gasteiger partial charge in [-0.2, -0.15) is 0 Å². The molecule has 2 fully saturated rings. The summed E-state index contributed by atoms with van der Waals surface area (Å²) in [6.45, 7) is 4.68. The lowest BCUT2D eigenvalue weighted by Gasteiger charge is -2.55. The summed E-state index contributed by atoms with van der Waals surface area (Å²) in [6, 6.07) is 0. The van der Waals surface area contributed by atoms with Gasteiger partial charge in [0.1, 0.15) is 0 Å². The van der Waals surface area contributed by atoms with E-state index in [1.165, 1.54) is 12.0 Å². The van der Waals surface area contributed by atoms with Gasteiger partial charge in [0, 0.05) is 6.42 Å². The highest BCUT2D eigenvalue weighted by Crippen LogP contribution is 2.63. The number of aliphatic hydroxyl groups excluding tert-OH is 1. The quantitative estimate of drug-likeness (QED) is 0.738. The van der Waals surface area contributed by atoms with E-state index >= 15 is 0 Å². The normalized spacial score (nSPS) is 52.0. The van der Waals surface area contributed by atoms with Gasteiger partial charge in [0.2, 0.25) is 0 Å². The lowest BCUT2D eigenvalue weighted by Crippen LogP contribution is -2.49. The summed E-state index contributed by atoms with van der Waals surface area (Å²) in [6.07, 6.45) is 12.6. The molecule has 4 aliphatic rings. The molecule has 2 heteroatoms. The van der Waals surface area contributed by atoms with Crippen molar-refractivity contribution in [3.8, 4) is 0 Å². The third kappa shape index (κ3) is 1.72. The number of carbonyl (C=O) groups is 1. The van der Waals surface area contributed by atoms with Crippen molar-refractivity contribution in [2.24, 2.45) is 28.6 Å². The molecule has 0 radical (unpaired) electrons. The summed E-state index contributed by atoms with van der Waals surface area (Å²) < 4.78 is 0. The highest BCUT2D eigenvalue weighted by molar-refractivity contribution is 5.92. The predicted octanol–water partition coefficient (Wildman–Crippen LogP) is 3.66. The molecule has 0 amide bonds. The summed E-state index contributed by atoms with van der Waals surface area (Å²) in [4.78, 5) is 11.8. The van der Waals surface area contributed by atoms with E-state index in [1.54, 1.807) is 0 Å². The van der Waals surface area contributed by atoms with Gasteiger partial charge in [0.15, 0.2) is 5.78 Å². The molecule has 4 aliphatic carbocycles. The number of hydrogen-bond acceptors (Lipinski definition) is 2. The van der Waals surface area contributed by atoms with E-state index in [-0.39, 0.29) is 16.9 Å². The van der Waals surface area contributed by atoms with Crippen LogP contribution in [0.2, 0.25) is 0 Å². The zero-order valence-corrected chi connectivity index (χ0v) is 13.1. The van der Waals surface area contributed by atoms with Crippen molar-refractivity contribution in [3.63, 3.8) is 0 Å². The Bertz CT molecular complexity index is 546. The van der Waals surface area contributed by atoms with Crippen LogP contribution in [0.15, 0.2) is 23.8 Å². The second kappa shape index (κ2) is 4.32. The van der Waals surface area contributed by atoms with E-state index in [4.69, 9.17) is 0 Å². The Balaban J connectivity index is 1.75. The highest BCUT2D eigenvalue weighted by Gasteiger charge is 2.57. The molecule has 0 aliphatic heterocycles. The molecule has 0 heterocycles. The summed E-state index contributed by atoms with van der Waals surface area (Å²) in [7, 11) is 0. The first-order chi connectivity index (χ1) is 9.95. The zero-order chi connectivity index (χ0) is 14.8. The van der Waals surface area contributed by atoms with Gasteiger partial charge in [0.25, 0.3) is 0 Å². The standard InChI is InChI=1S/C19H26O2/c1-18-9-7-13(20)11-12(18)3-4-14-15-5-6-17(21)19(15,2)10-8-16(14)18/h3-4,11,14-17,21H,5-10H2,1-2H3/t14-,15-,16-,17?,18-,19-/m0/s1. The van der Waals surface area contributed by atoms with Crippen molar-refractivity contribution in [1.29, 1.82) is 0 Å². The van der Waals surface area contributed by atoms with Gasteiger partial charge < -0.3 is 5.11 Å². The van der Waals surface area contributed by atoms with Crippen molar-refractivity contribution in [2.75, 3.05) is 0 Å². The maximum Gasteiger partial charge on any atom is 0.156 e. The van der Waals surface area contributed by atoms with Crippen LogP contribution < -0.4 is 0 Å². The van der Waals surface area contributed by atoms with E-state index in [0.29, 0.717) is 30.0 Å². The highest BCUT2D eigenvalue weighted by atomic mass is 16.3. The van der Waals surface area contributed by atoms with Crippen LogP contribution in [0.5, 0.6) is 0 Å². The number of ketones is 1. The third-order valence-electron chi connectivity index (χ3n) is 7.47. The van der Waals surface area contributed by atoms with Crippen LogP contribution in [0.25, 0.3) is 0 Å². The van der Waals surface area contributed by atoms with E-state index in [9.17, 15) is 9.90 Å². The summed E-state index contributed by atoms with van der Waals surface area (Å²) >= 11 is 0. The van der Waals surface area contributed by atoms with E-state index in [2.05, 4.69) is 26.0 Å². The summed E-state index contributed by atoms with van der Waals surface area (Å²) in [5.41, 5.74) is 1.57. The lowest BCUT2D eigenvalue weighted by atomic mass is 9.49. The molecule has 2 nitrogen and oxygen atoms in total. The Hall–Kier alpha value is -0.890. The summed E-state index contributed by atoms with van der Waals surface area (Å²) in [5, 5.41) is 10.4. The van der Waals surface area contributed by atoms with Crippen LogP contribution in [0.1, 0.15) is 52.4 Å². The van der Waals surface area contributed by atoms with Crippen LogP contribution in [0, 0.1) is 28.6 Å². The monoisotopic (exact) mass is 286 g/mol. The molecular weight excluding hydrogens is 260 g/mol. The van der Waals surface area contributed by atoms with Gasteiger partial charge in [-0.15, -0.1) is 0 Å². The van der Waals surface area contributed by atoms with Gasteiger partial charge in [-0.1, -0.05) is 26.0 Å². The van der Waals surface area contributed by atoms with Gasteiger partial charge in [-0.05, 0) is 72.3 Å². The fourth-order valence-electron chi connectivity index (χ4n) is 5.97. The minimum absolute atomic E-state index is 0.116. The number of aliphatic hydroxyl groups is 1. The van der Waals surface area contributed by atoms with Crippen molar-refractivity contribution in [3.05, 3.63) is 23.8 Å². The van der Waals surface area contributed by atoms with Gasteiger partial charge in [-0.25, -0.2) is 0 Å². The van der Waals surface area contributed by atoms with Crippen LogP contribution in [0.3, 0.4) is 0 Å². The average molecular weight is 286 g/mol. The number of hydrogen-bond donors (Lipinski definition) is 1. The molecule has 0 aromatic carbocycles. The molecule has 6 atom stereocenters. The molecule has 1 unspecified atom stereocenters. The largest absolute Gasteiger partial charge is 0.393 e. The van der Waals surface area contributed by atoms with Gasteiger partial charge >= 0.3 is 0 Å². The summed E-state index contributed by atoms with van der Waals surface area (Å²) in [5.74, 6) is 2.17. The Morgan fingerprint density at radius 2 is 1.95 bits per heavy atom. The van der Waals surface area contributed by atoms with Crippen LogP contribution in [-0.2, 0) is 4.79 Å². The van der Waals surface area contributed by atoms with Crippen molar-refractivity contribution in [2.45, 2.75) is 58.5 Å². The van der Waals surface area contributed by atoms with Gasteiger partial charge in [-0.3, -0.25) is 4.79 Å². The minimum Gasteiger partial charge on any atom is -0.393 e. The molecule has 0 aromatic heterocycles. The number of rotatable bonds is 0. The topological polar surface area (TPSA) is 37.3 Å². The fourth-order valence-corrected chi connectivity index (χ4v) is 5.97. The third-order valence-corrected chi connectivity index (χ3v) is 7.47. The van der Waals surface area contributed by atoms with Crippen molar-refractivity contribution in [1.82, 2.24) is 0 Å². The number of allylic oxidation sites excluding steroid dienone is 4. The zero-order valence-electron chi connectivity index (χ0n) is 13.1. The fraction of sp³-hybridized carbons (Fsp3) is 0.737. The van der Waals surface area contributed by atoms with Crippen LogP contribution in [0.4, 0.5) is 0 Å². The first-order valence-electron chi connectivity index (χ1n) is 8.56. The molecule has 21 heavy (non-hydrogen) atoms. The predicted molar refractivity (Wildman–Crippen MR) is 82.6 cm³/mol. The van der Waals surface area contributed by atoms with Crippen LogP contribution >= 0.6 is 0 Å². The first kappa shape index (κ1) is 13.8. The molecule has 0 bridgehead atoms. The molecule has 0 saturated heterocycles. The molecule has 0 aromatic rings. The van der Waals surface area contributed by atoms with E-state index in [1.807, 2.05) is 6.08 Å². The first-order valence-corrected chi connectivity index (χ1v) is 8.56. The molecular formula is C19H26O2. The molecule has 2 saturated carbocycles. The second-order valence-corrected chi connectivity index (χ2v) is 8.27. The minimum atomic E-state index is -0.116. The maximum absolute atomic E-state index is 11.8. The van der Waals surface area contributed by atoms with E-state index < -0.39 is 0 Å². The molecule has 1 N–H and O–H groups in total.